The van der Waals surface area contributed by atoms with Gasteiger partial charge in [0.2, 0.25) is 0 Å². The van der Waals surface area contributed by atoms with E-state index in [1.54, 1.807) is 6.92 Å². The molecule has 1 aromatic heterocycles. The van der Waals surface area contributed by atoms with Crippen LogP contribution in [0.15, 0.2) is 47.0 Å². The monoisotopic (exact) mass is 420 g/mol. The van der Waals surface area contributed by atoms with Crippen molar-refractivity contribution in [3.05, 3.63) is 81.7 Å². The average Bonchev–Trinajstić information content (AvgIpc) is 3.09. The summed E-state index contributed by atoms with van der Waals surface area (Å²) in [6, 6.07) is 14.1. The van der Waals surface area contributed by atoms with Gasteiger partial charge in [0, 0.05) is 0 Å². The first kappa shape index (κ1) is 22.6. The summed E-state index contributed by atoms with van der Waals surface area (Å²) >= 11 is 0. The van der Waals surface area contributed by atoms with Gasteiger partial charge in [-0.05, 0) is 61.4 Å². The van der Waals surface area contributed by atoms with E-state index in [4.69, 9.17) is 9.26 Å². The van der Waals surface area contributed by atoms with Crippen molar-refractivity contribution in [1.29, 1.82) is 0 Å². The minimum atomic E-state index is -0.274. The fourth-order valence-electron chi connectivity index (χ4n) is 3.39. The highest BCUT2D eigenvalue weighted by atomic mass is 16.5. The molecule has 1 amide bonds. The molecule has 164 valence electrons. The van der Waals surface area contributed by atoms with Crippen molar-refractivity contribution in [1.82, 2.24) is 10.5 Å². The summed E-state index contributed by atoms with van der Waals surface area (Å²) in [5, 5.41) is 7.02. The molecule has 5 heteroatoms. The molecule has 0 radical (unpaired) electrons. The predicted octanol–water partition coefficient (Wildman–Crippen LogP) is 5.97. The average molecular weight is 421 g/mol. The lowest BCUT2D eigenvalue weighted by Crippen LogP contribution is -2.28. The molecule has 3 aromatic rings. The Balaban J connectivity index is 1.71. The lowest BCUT2D eigenvalue weighted by atomic mass is 9.86. The molecular weight excluding hydrogens is 388 g/mol. The van der Waals surface area contributed by atoms with Crippen molar-refractivity contribution < 1.29 is 14.1 Å². The van der Waals surface area contributed by atoms with E-state index < -0.39 is 0 Å². The fourth-order valence-corrected chi connectivity index (χ4v) is 3.39. The van der Waals surface area contributed by atoms with Crippen LogP contribution in [0.3, 0.4) is 0 Å². The van der Waals surface area contributed by atoms with Gasteiger partial charge in [0.05, 0.1) is 11.6 Å². The second kappa shape index (κ2) is 8.96. The Morgan fingerprint density at radius 1 is 1.10 bits per heavy atom. The quantitative estimate of drug-likeness (QED) is 0.534. The summed E-state index contributed by atoms with van der Waals surface area (Å²) in [6.07, 6.45) is 0. The van der Waals surface area contributed by atoms with Crippen LogP contribution in [0.5, 0.6) is 5.75 Å². The molecule has 1 unspecified atom stereocenters. The third-order valence-electron chi connectivity index (χ3n) is 5.75. The first-order valence-corrected chi connectivity index (χ1v) is 10.6. The molecule has 31 heavy (non-hydrogen) atoms. The van der Waals surface area contributed by atoms with Gasteiger partial charge in [-0.15, -0.1) is 0 Å². The van der Waals surface area contributed by atoms with Crippen LogP contribution in [0, 0.1) is 20.8 Å². The molecule has 2 aromatic carbocycles. The molecule has 1 heterocycles. The summed E-state index contributed by atoms with van der Waals surface area (Å²) in [7, 11) is 0. The van der Waals surface area contributed by atoms with Crippen LogP contribution >= 0.6 is 0 Å². The van der Waals surface area contributed by atoms with Crippen molar-refractivity contribution in [2.24, 2.45) is 0 Å². The van der Waals surface area contributed by atoms with E-state index in [1.165, 1.54) is 5.56 Å². The molecule has 0 spiro atoms. The molecule has 0 aliphatic rings. The maximum absolute atomic E-state index is 12.9. The molecular formula is C26H32N2O3. The number of nitrogens with zero attached hydrogens (tertiary/aromatic N) is 1. The number of aryl methyl sites for hydroxylation is 2. The van der Waals surface area contributed by atoms with E-state index in [0.29, 0.717) is 11.3 Å². The van der Waals surface area contributed by atoms with E-state index in [-0.39, 0.29) is 29.7 Å². The molecule has 0 aliphatic carbocycles. The van der Waals surface area contributed by atoms with Crippen molar-refractivity contribution in [3.8, 4) is 5.75 Å². The number of carbonyl (C=O) groups excluding carboxylic acids is 1. The maximum atomic E-state index is 12.9. The number of amides is 1. The highest BCUT2D eigenvalue weighted by Gasteiger charge is 2.23. The number of carbonyl (C=O) groups is 1. The van der Waals surface area contributed by atoms with Gasteiger partial charge in [-0.1, -0.05) is 62.3 Å². The van der Waals surface area contributed by atoms with Gasteiger partial charge in [-0.2, -0.15) is 0 Å². The molecule has 1 N–H and O–H groups in total. The van der Waals surface area contributed by atoms with Crippen LogP contribution in [0.25, 0.3) is 0 Å². The van der Waals surface area contributed by atoms with Crippen LogP contribution in [0.1, 0.15) is 77.8 Å². The summed E-state index contributed by atoms with van der Waals surface area (Å²) in [6.45, 7) is 14.6. The van der Waals surface area contributed by atoms with E-state index in [1.807, 2.05) is 39.0 Å². The van der Waals surface area contributed by atoms with Gasteiger partial charge in [-0.25, -0.2) is 0 Å². The normalized spacial score (nSPS) is 12.5. The number of hydrogen-bond donors (Lipinski definition) is 1. The first-order valence-electron chi connectivity index (χ1n) is 10.6. The zero-order valence-corrected chi connectivity index (χ0v) is 19.5. The number of ether oxygens (including phenoxy) is 1. The Kier molecular flexibility index (Phi) is 6.54. The lowest BCUT2D eigenvalue weighted by molar-refractivity contribution is 0.0928. The summed E-state index contributed by atoms with van der Waals surface area (Å²) in [4.78, 5) is 12.9. The number of benzene rings is 2. The van der Waals surface area contributed by atoms with Crippen LogP contribution in [0.2, 0.25) is 0 Å². The van der Waals surface area contributed by atoms with E-state index in [0.717, 1.165) is 22.4 Å². The van der Waals surface area contributed by atoms with Crippen LogP contribution < -0.4 is 10.1 Å². The fraction of sp³-hybridized carbons (Fsp3) is 0.385. The lowest BCUT2D eigenvalue weighted by Gasteiger charge is -2.20. The molecule has 0 bridgehead atoms. The Labute approximate surface area is 184 Å². The highest BCUT2D eigenvalue weighted by molar-refractivity contribution is 5.94. The van der Waals surface area contributed by atoms with E-state index in [9.17, 15) is 4.79 Å². The third-order valence-corrected chi connectivity index (χ3v) is 5.75. The molecule has 0 saturated carbocycles. The third kappa shape index (κ3) is 5.16. The van der Waals surface area contributed by atoms with Crippen LogP contribution in [-0.2, 0) is 12.0 Å². The molecule has 1 atom stereocenters. The van der Waals surface area contributed by atoms with Gasteiger partial charge in [0.15, 0.2) is 5.69 Å². The smallest absolute Gasteiger partial charge is 0.274 e. The van der Waals surface area contributed by atoms with Gasteiger partial charge in [0.25, 0.3) is 5.91 Å². The molecule has 0 fully saturated rings. The zero-order valence-electron chi connectivity index (χ0n) is 19.5. The zero-order chi connectivity index (χ0) is 22.8. The molecule has 0 aliphatic heterocycles. The number of aromatic nitrogens is 1. The SMILES string of the molecule is Cc1cccc(OCc2c(C(=O)NC(C)c3ccc(C(C)(C)C)cc3)noc2C)c1C. The van der Waals surface area contributed by atoms with Gasteiger partial charge >= 0.3 is 0 Å². The summed E-state index contributed by atoms with van der Waals surface area (Å²) in [5.74, 6) is 1.10. The number of rotatable bonds is 6. The van der Waals surface area contributed by atoms with Crippen molar-refractivity contribution >= 4 is 5.91 Å². The second-order valence-corrected chi connectivity index (χ2v) is 9.12. The largest absolute Gasteiger partial charge is 0.488 e. The Morgan fingerprint density at radius 2 is 1.77 bits per heavy atom. The molecule has 0 saturated heterocycles. The van der Waals surface area contributed by atoms with Crippen LogP contribution in [-0.4, -0.2) is 11.1 Å². The minimum absolute atomic E-state index is 0.0911. The van der Waals surface area contributed by atoms with Crippen molar-refractivity contribution in [3.63, 3.8) is 0 Å². The molecule has 5 nitrogen and oxygen atoms in total. The van der Waals surface area contributed by atoms with E-state index >= 15 is 0 Å². The van der Waals surface area contributed by atoms with Gasteiger partial charge in [-0.3, -0.25) is 4.79 Å². The minimum Gasteiger partial charge on any atom is -0.488 e. The predicted molar refractivity (Wildman–Crippen MR) is 123 cm³/mol. The van der Waals surface area contributed by atoms with E-state index in [2.05, 4.69) is 55.5 Å². The number of hydrogen-bond acceptors (Lipinski definition) is 4. The standard InChI is InChI=1S/C26H32N2O3/c1-16-9-8-10-23(17(16)2)30-15-22-19(4)31-28-24(22)25(29)27-18(3)20-11-13-21(14-12-20)26(5,6)7/h8-14,18H,15H2,1-7H3,(H,27,29). The summed E-state index contributed by atoms with van der Waals surface area (Å²) < 4.78 is 11.3. The topological polar surface area (TPSA) is 64.4 Å². The highest BCUT2D eigenvalue weighted by Crippen LogP contribution is 2.25. The van der Waals surface area contributed by atoms with Crippen LogP contribution in [0.4, 0.5) is 0 Å². The van der Waals surface area contributed by atoms with Gasteiger partial charge < -0.3 is 14.6 Å². The maximum Gasteiger partial charge on any atom is 0.274 e. The van der Waals surface area contributed by atoms with Crippen molar-refractivity contribution in [2.75, 3.05) is 0 Å². The van der Waals surface area contributed by atoms with Gasteiger partial charge in [0.1, 0.15) is 18.1 Å². The summed E-state index contributed by atoms with van der Waals surface area (Å²) in [5.41, 5.74) is 5.55. The first-order chi connectivity index (χ1) is 14.6. The number of nitrogens with one attached hydrogen (secondary N) is 1. The Bertz CT molecular complexity index is 1060. The van der Waals surface area contributed by atoms with Crippen molar-refractivity contribution in [2.45, 2.75) is 66.5 Å². The Morgan fingerprint density at radius 3 is 2.42 bits per heavy atom. The second-order valence-electron chi connectivity index (χ2n) is 9.12. The Hall–Kier alpha value is -3.08. The molecule has 3 rings (SSSR count).